The van der Waals surface area contributed by atoms with E-state index in [9.17, 15) is 18.4 Å². The second kappa shape index (κ2) is 7.57. The first-order valence-corrected chi connectivity index (χ1v) is 6.37. The van der Waals surface area contributed by atoms with Gasteiger partial charge in [-0.15, -0.1) is 0 Å². The van der Waals surface area contributed by atoms with Crippen molar-refractivity contribution in [1.82, 2.24) is 5.32 Å². The number of aliphatic carboxylic acids is 1. The van der Waals surface area contributed by atoms with Gasteiger partial charge in [0.05, 0.1) is 12.8 Å². The molecular weight excluding hydrogens is 268 g/mol. The summed E-state index contributed by atoms with van der Waals surface area (Å²) in [5, 5.41) is 11.3. The van der Waals surface area contributed by atoms with Crippen LogP contribution in [0.1, 0.15) is 31.7 Å². The summed E-state index contributed by atoms with van der Waals surface area (Å²) in [5.41, 5.74) is 0.340. The van der Waals surface area contributed by atoms with Crippen LogP contribution in [0.5, 0.6) is 0 Å². The molecule has 1 amide bonds. The van der Waals surface area contributed by atoms with E-state index < -0.39 is 29.6 Å². The van der Waals surface area contributed by atoms with Crippen molar-refractivity contribution >= 4 is 11.9 Å². The number of carbonyl (C=O) groups is 2. The lowest BCUT2D eigenvalue weighted by Crippen LogP contribution is -2.37. The van der Waals surface area contributed by atoms with Gasteiger partial charge in [-0.2, -0.15) is 0 Å². The molecule has 1 aromatic rings. The fraction of sp³-hybridized carbons (Fsp3) is 0.429. The molecule has 4 nitrogen and oxygen atoms in total. The Morgan fingerprint density at radius 1 is 1.30 bits per heavy atom. The third-order valence-electron chi connectivity index (χ3n) is 2.77. The molecule has 1 aromatic carbocycles. The maximum absolute atomic E-state index is 13.0. The summed E-state index contributed by atoms with van der Waals surface area (Å²) in [5.74, 6) is -3.37. The Morgan fingerprint density at radius 3 is 2.55 bits per heavy atom. The van der Waals surface area contributed by atoms with Gasteiger partial charge in [0.25, 0.3) is 0 Å². The lowest BCUT2D eigenvalue weighted by atomic mass is 10.1. The van der Waals surface area contributed by atoms with E-state index in [1.54, 1.807) is 0 Å². The molecule has 20 heavy (non-hydrogen) atoms. The van der Waals surface area contributed by atoms with Crippen LogP contribution in [0.2, 0.25) is 0 Å². The lowest BCUT2D eigenvalue weighted by molar-refractivity contribution is -0.137. The molecule has 0 aliphatic heterocycles. The summed E-state index contributed by atoms with van der Waals surface area (Å²) >= 11 is 0. The van der Waals surface area contributed by atoms with Gasteiger partial charge in [-0.05, 0) is 24.1 Å². The van der Waals surface area contributed by atoms with E-state index in [1.165, 1.54) is 6.07 Å². The van der Waals surface area contributed by atoms with Crippen LogP contribution in [0.25, 0.3) is 0 Å². The Kier molecular flexibility index (Phi) is 6.09. The van der Waals surface area contributed by atoms with Gasteiger partial charge in [-0.25, -0.2) is 8.78 Å². The molecule has 1 rings (SSSR count). The minimum Gasteiger partial charge on any atom is -0.481 e. The third kappa shape index (κ3) is 5.34. The number of amides is 1. The quantitative estimate of drug-likeness (QED) is 0.807. The van der Waals surface area contributed by atoms with Crippen LogP contribution in [0.4, 0.5) is 8.78 Å². The van der Waals surface area contributed by atoms with Gasteiger partial charge in [-0.1, -0.05) is 19.4 Å². The molecule has 0 bridgehead atoms. The molecule has 0 aliphatic rings. The maximum atomic E-state index is 13.0. The predicted octanol–water partition coefficient (Wildman–Crippen LogP) is 2.27. The Labute approximate surface area is 115 Å². The number of hydrogen-bond donors (Lipinski definition) is 2. The summed E-state index contributed by atoms with van der Waals surface area (Å²) in [4.78, 5) is 22.4. The smallest absolute Gasteiger partial charge is 0.305 e. The minimum atomic E-state index is -1.01. The van der Waals surface area contributed by atoms with Crippen molar-refractivity contribution in [2.75, 3.05) is 0 Å². The normalized spacial score (nSPS) is 11.9. The van der Waals surface area contributed by atoms with E-state index in [-0.39, 0.29) is 12.8 Å². The third-order valence-corrected chi connectivity index (χ3v) is 2.77. The Bertz CT molecular complexity index is 491. The van der Waals surface area contributed by atoms with Crippen LogP contribution in [0.15, 0.2) is 18.2 Å². The molecule has 2 N–H and O–H groups in total. The monoisotopic (exact) mass is 285 g/mol. The number of hydrogen-bond acceptors (Lipinski definition) is 2. The molecule has 0 heterocycles. The van der Waals surface area contributed by atoms with Crippen molar-refractivity contribution in [2.24, 2.45) is 0 Å². The second-order valence-corrected chi connectivity index (χ2v) is 4.58. The van der Waals surface area contributed by atoms with Crippen molar-refractivity contribution in [3.05, 3.63) is 35.4 Å². The zero-order chi connectivity index (χ0) is 15.1. The molecule has 110 valence electrons. The largest absolute Gasteiger partial charge is 0.481 e. The van der Waals surface area contributed by atoms with E-state index in [4.69, 9.17) is 5.11 Å². The van der Waals surface area contributed by atoms with Gasteiger partial charge in [0.15, 0.2) is 11.6 Å². The van der Waals surface area contributed by atoms with Gasteiger partial charge in [-0.3, -0.25) is 9.59 Å². The van der Waals surface area contributed by atoms with E-state index in [2.05, 4.69) is 5.32 Å². The highest BCUT2D eigenvalue weighted by atomic mass is 19.2. The average molecular weight is 285 g/mol. The van der Waals surface area contributed by atoms with Crippen molar-refractivity contribution in [2.45, 2.75) is 38.6 Å². The van der Waals surface area contributed by atoms with E-state index in [0.29, 0.717) is 12.0 Å². The number of halogens is 2. The average Bonchev–Trinajstić information content (AvgIpc) is 2.33. The highest BCUT2D eigenvalue weighted by molar-refractivity contribution is 5.79. The van der Waals surface area contributed by atoms with Crippen LogP contribution in [-0.4, -0.2) is 23.0 Å². The number of nitrogens with one attached hydrogen (secondary N) is 1. The van der Waals surface area contributed by atoms with Crippen molar-refractivity contribution in [3.8, 4) is 0 Å². The van der Waals surface area contributed by atoms with Gasteiger partial charge in [0, 0.05) is 6.04 Å². The van der Waals surface area contributed by atoms with Crippen LogP contribution >= 0.6 is 0 Å². The van der Waals surface area contributed by atoms with Crippen molar-refractivity contribution < 1.29 is 23.5 Å². The first-order valence-electron chi connectivity index (χ1n) is 6.37. The van der Waals surface area contributed by atoms with Gasteiger partial charge in [0.1, 0.15) is 0 Å². The first-order chi connectivity index (χ1) is 9.42. The summed E-state index contributed by atoms with van der Waals surface area (Å²) in [6.07, 6.45) is 1.02. The number of rotatable bonds is 7. The summed E-state index contributed by atoms with van der Waals surface area (Å²) in [6.45, 7) is 1.89. The minimum absolute atomic E-state index is 0.114. The number of benzene rings is 1. The van der Waals surface area contributed by atoms with Gasteiger partial charge in [0.2, 0.25) is 5.91 Å². The zero-order valence-corrected chi connectivity index (χ0v) is 11.2. The SMILES string of the molecule is CCCC(CC(=O)O)NC(=O)Cc1ccc(F)c(F)c1. The fourth-order valence-corrected chi connectivity index (χ4v) is 1.90. The highest BCUT2D eigenvalue weighted by Crippen LogP contribution is 2.10. The Morgan fingerprint density at radius 2 is 2.00 bits per heavy atom. The molecule has 0 spiro atoms. The van der Waals surface area contributed by atoms with Crippen LogP contribution in [0.3, 0.4) is 0 Å². The van der Waals surface area contributed by atoms with E-state index in [0.717, 1.165) is 18.6 Å². The number of carboxylic acids is 1. The first kappa shape index (κ1) is 16.1. The molecule has 0 saturated carbocycles. The lowest BCUT2D eigenvalue weighted by Gasteiger charge is -2.16. The summed E-state index contributed by atoms with van der Waals surface area (Å²) in [6, 6.07) is 2.79. The number of carboxylic acid groups (broad SMARTS) is 1. The van der Waals surface area contributed by atoms with Crippen molar-refractivity contribution in [1.29, 1.82) is 0 Å². The molecule has 1 atom stereocenters. The molecule has 0 saturated heterocycles. The molecule has 0 aromatic heterocycles. The Hall–Kier alpha value is -1.98. The second-order valence-electron chi connectivity index (χ2n) is 4.58. The van der Waals surface area contributed by atoms with Gasteiger partial charge >= 0.3 is 5.97 Å². The Balaban J connectivity index is 2.60. The molecular formula is C14H17F2NO3. The zero-order valence-electron chi connectivity index (χ0n) is 11.2. The predicted molar refractivity (Wildman–Crippen MR) is 69.2 cm³/mol. The fourth-order valence-electron chi connectivity index (χ4n) is 1.90. The van der Waals surface area contributed by atoms with Gasteiger partial charge < -0.3 is 10.4 Å². The molecule has 0 radical (unpaired) electrons. The van der Waals surface area contributed by atoms with Crippen molar-refractivity contribution in [3.63, 3.8) is 0 Å². The molecule has 1 unspecified atom stereocenters. The molecule has 6 heteroatoms. The summed E-state index contributed by atoms with van der Waals surface area (Å²) < 4.78 is 25.7. The van der Waals surface area contributed by atoms with Crippen LogP contribution in [0, 0.1) is 11.6 Å². The topological polar surface area (TPSA) is 66.4 Å². The van der Waals surface area contributed by atoms with Crippen LogP contribution in [-0.2, 0) is 16.0 Å². The molecule has 0 aliphatic carbocycles. The highest BCUT2D eigenvalue weighted by Gasteiger charge is 2.15. The maximum Gasteiger partial charge on any atom is 0.305 e. The molecule has 0 fully saturated rings. The number of carbonyl (C=O) groups excluding carboxylic acids is 1. The summed E-state index contributed by atoms with van der Waals surface area (Å²) in [7, 11) is 0. The van der Waals surface area contributed by atoms with E-state index >= 15 is 0 Å². The van der Waals surface area contributed by atoms with Crippen LogP contribution < -0.4 is 5.32 Å². The van der Waals surface area contributed by atoms with E-state index in [1.807, 2.05) is 6.92 Å². The standard InChI is InChI=1S/C14H17F2NO3/c1-2-3-10(8-14(19)20)17-13(18)7-9-4-5-11(15)12(16)6-9/h4-6,10H,2-3,7-8H2,1H3,(H,17,18)(H,19,20).